The van der Waals surface area contributed by atoms with Crippen LogP contribution in [0.15, 0.2) is 66.0 Å². The summed E-state index contributed by atoms with van der Waals surface area (Å²) in [4.78, 5) is 16.6. The Labute approximate surface area is 187 Å². The minimum Gasteiger partial charge on any atom is -0.628 e. The van der Waals surface area contributed by atoms with Gasteiger partial charge in [-0.25, -0.2) is 9.78 Å². The molecule has 0 fully saturated rings. The van der Waals surface area contributed by atoms with E-state index in [4.69, 9.17) is 11.6 Å². The molecule has 0 saturated heterocycles. The smallest absolute Gasteiger partial charge is 0.336 e. The maximum absolute atomic E-state index is 12.0. The van der Waals surface area contributed by atoms with Crippen LogP contribution in [0.4, 0.5) is 5.69 Å². The number of thiazole rings is 1. The monoisotopic (exact) mass is 451 g/mol. The molecule has 0 spiro atoms. The van der Waals surface area contributed by atoms with Gasteiger partial charge in [0.25, 0.3) is 0 Å². The van der Waals surface area contributed by atoms with Crippen molar-refractivity contribution in [1.29, 1.82) is 0 Å². The van der Waals surface area contributed by atoms with Crippen LogP contribution >= 0.6 is 22.9 Å². The van der Waals surface area contributed by atoms with Gasteiger partial charge in [0.2, 0.25) is 0 Å². The molecule has 3 aromatic carbocycles. The number of aryl methyl sites for hydroxylation is 1. The molecule has 4 rings (SSSR count). The summed E-state index contributed by atoms with van der Waals surface area (Å²) < 4.78 is 0. The van der Waals surface area contributed by atoms with Gasteiger partial charge in [-0.3, -0.25) is 0 Å². The number of nitrogens with one attached hydrogen (secondary N) is 1. The molecule has 0 radical (unpaired) electrons. The third-order valence-electron chi connectivity index (χ3n) is 4.89. The molecule has 0 aliphatic carbocycles. The minimum absolute atomic E-state index is 0.00899. The van der Waals surface area contributed by atoms with Gasteiger partial charge >= 0.3 is 5.97 Å². The molecule has 0 amide bonds. The number of carboxylic acids is 1. The quantitative estimate of drug-likeness (QED) is 0.400. The van der Waals surface area contributed by atoms with Crippen molar-refractivity contribution >= 4 is 34.6 Å². The van der Waals surface area contributed by atoms with Gasteiger partial charge in [-0.1, -0.05) is 41.9 Å². The normalized spacial score (nSPS) is 11.1. The van der Waals surface area contributed by atoms with Crippen molar-refractivity contribution in [2.24, 2.45) is 0 Å². The average Bonchev–Trinajstić information content (AvgIpc) is 3.25. The van der Waals surface area contributed by atoms with Gasteiger partial charge in [0.1, 0.15) is 10.7 Å². The summed E-state index contributed by atoms with van der Waals surface area (Å²) in [6.07, 6.45) is 0. The van der Waals surface area contributed by atoms with Crippen molar-refractivity contribution in [2.75, 3.05) is 0 Å². The van der Waals surface area contributed by atoms with Crippen molar-refractivity contribution in [2.45, 2.75) is 6.92 Å². The predicted octanol–water partition coefficient (Wildman–Crippen LogP) is 5.32. The van der Waals surface area contributed by atoms with Crippen molar-refractivity contribution in [1.82, 2.24) is 4.98 Å². The van der Waals surface area contributed by atoms with E-state index < -0.39 is 11.2 Å². The molecule has 31 heavy (non-hydrogen) atoms. The van der Waals surface area contributed by atoms with Crippen molar-refractivity contribution < 1.29 is 15.1 Å². The first-order valence-electron chi connectivity index (χ1n) is 9.25. The number of aromatic nitrogens is 1. The molecular formula is C23H16ClN2O4S-. The fourth-order valence-corrected chi connectivity index (χ4v) is 4.27. The van der Waals surface area contributed by atoms with Crippen LogP contribution in [0.25, 0.3) is 33.0 Å². The summed E-state index contributed by atoms with van der Waals surface area (Å²) in [6, 6.07) is 16.7. The minimum atomic E-state index is -1.36. The summed E-state index contributed by atoms with van der Waals surface area (Å²) in [7, 11) is 0. The fourth-order valence-electron chi connectivity index (χ4n) is 3.33. The van der Waals surface area contributed by atoms with E-state index in [2.05, 4.69) is 4.98 Å². The zero-order valence-electron chi connectivity index (χ0n) is 16.3. The van der Waals surface area contributed by atoms with Gasteiger partial charge in [0, 0.05) is 38.7 Å². The topological polar surface area (TPSA) is 101 Å². The van der Waals surface area contributed by atoms with E-state index in [9.17, 15) is 20.3 Å². The number of rotatable bonds is 5. The molecule has 0 saturated carbocycles. The Hall–Kier alpha value is -3.07. The summed E-state index contributed by atoms with van der Waals surface area (Å²) >= 11 is 7.49. The van der Waals surface area contributed by atoms with E-state index in [1.54, 1.807) is 30.3 Å². The van der Waals surface area contributed by atoms with Gasteiger partial charge in [0.15, 0.2) is 0 Å². The number of carboxylic acid groups (broad SMARTS) is 1. The van der Waals surface area contributed by atoms with E-state index in [1.165, 1.54) is 23.5 Å². The number of carbonyl (C=O) groups is 1. The highest BCUT2D eigenvalue weighted by Crippen LogP contribution is 2.35. The van der Waals surface area contributed by atoms with Crippen LogP contribution in [0, 0.1) is 17.3 Å². The fraction of sp³-hybridized carbons (Fsp3) is 0.0435. The highest BCUT2D eigenvalue weighted by Gasteiger charge is 2.18. The number of hydrogen-bond acceptors (Lipinski definition) is 5. The first-order valence-corrected chi connectivity index (χ1v) is 10.5. The molecule has 1 heterocycles. The summed E-state index contributed by atoms with van der Waals surface area (Å²) in [5.41, 5.74) is 3.79. The molecule has 0 bridgehead atoms. The maximum Gasteiger partial charge on any atom is 0.336 e. The highest BCUT2D eigenvalue weighted by molar-refractivity contribution is 7.13. The lowest BCUT2D eigenvalue weighted by Crippen LogP contribution is -2.96. The molecule has 1 aromatic heterocycles. The highest BCUT2D eigenvalue weighted by atomic mass is 35.5. The van der Waals surface area contributed by atoms with Crippen molar-refractivity contribution in [3.63, 3.8) is 0 Å². The third-order valence-corrected chi connectivity index (χ3v) is 6.21. The number of hydrogen-bond donors (Lipinski definition) is 2. The molecule has 0 aliphatic heterocycles. The van der Waals surface area contributed by atoms with Crippen molar-refractivity contribution in [3.05, 3.63) is 92.6 Å². The lowest BCUT2D eigenvalue weighted by atomic mass is 9.96. The Morgan fingerprint density at radius 1 is 1.03 bits per heavy atom. The van der Waals surface area contributed by atoms with Gasteiger partial charge in [-0.2, -0.15) is 0 Å². The Balaban J connectivity index is 1.77. The average molecular weight is 452 g/mol. The lowest BCUT2D eigenvalue weighted by Gasteiger charge is -2.27. The van der Waals surface area contributed by atoms with Gasteiger partial charge < -0.3 is 20.7 Å². The van der Waals surface area contributed by atoms with Crippen LogP contribution in [0.2, 0.25) is 5.02 Å². The Kier molecular flexibility index (Phi) is 5.86. The van der Waals surface area contributed by atoms with Crippen LogP contribution < -0.4 is 5.23 Å². The predicted molar refractivity (Wildman–Crippen MR) is 122 cm³/mol. The Bertz CT molecular complexity index is 1290. The zero-order chi connectivity index (χ0) is 22.1. The number of benzene rings is 3. The number of quaternary nitrogens is 1. The number of nitrogens with zero attached hydrogens (tertiary/aromatic N) is 1. The number of aromatic carboxylic acids is 1. The molecule has 0 atom stereocenters. The molecule has 4 aromatic rings. The van der Waals surface area contributed by atoms with Gasteiger partial charge in [-0.05, 0) is 36.8 Å². The van der Waals surface area contributed by atoms with Crippen LogP contribution in [-0.2, 0) is 0 Å². The molecule has 156 valence electrons. The van der Waals surface area contributed by atoms with E-state index in [0.29, 0.717) is 26.7 Å². The first kappa shape index (κ1) is 21.2. The van der Waals surface area contributed by atoms with Crippen LogP contribution in [0.1, 0.15) is 15.9 Å². The van der Waals surface area contributed by atoms with Gasteiger partial charge in [-0.15, -0.1) is 11.3 Å². The standard InChI is InChI=1S/C23H16ClN2O4S/c1-13-10-14(7-9-19(13)24)20-12-31-22(25-20)15-6-8-16(18(11-15)23(27)28)17-4-2-3-5-21(17)26(29)30/h2-12,26H,1H3,(H,27,28)/q-1. The van der Waals surface area contributed by atoms with Crippen LogP contribution in [-0.4, -0.2) is 16.1 Å². The molecule has 2 N–H and O–H groups in total. The molecule has 6 nitrogen and oxygen atoms in total. The summed E-state index contributed by atoms with van der Waals surface area (Å²) in [5, 5.41) is 34.6. The second-order valence-corrected chi connectivity index (χ2v) is 8.17. The first-order chi connectivity index (χ1) is 14.8. The van der Waals surface area contributed by atoms with E-state index >= 15 is 0 Å². The van der Waals surface area contributed by atoms with E-state index in [0.717, 1.165) is 16.8 Å². The number of halogens is 1. The largest absolute Gasteiger partial charge is 0.628 e. The van der Waals surface area contributed by atoms with Crippen molar-refractivity contribution in [3.8, 4) is 33.0 Å². The molecule has 8 heteroatoms. The van der Waals surface area contributed by atoms with E-state index in [-0.39, 0.29) is 11.3 Å². The maximum atomic E-state index is 12.0. The summed E-state index contributed by atoms with van der Waals surface area (Å²) in [6.45, 7) is 1.92. The second-order valence-electron chi connectivity index (χ2n) is 6.90. The molecule has 0 aliphatic rings. The SMILES string of the molecule is Cc1cc(-c2csc(-c3ccc(-c4ccccc4[NH+]([O-])[O-])c(C(=O)O)c3)n2)ccc1Cl. The lowest BCUT2D eigenvalue weighted by molar-refractivity contribution is -0.714. The molecular weight excluding hydrogens is 436 g/mol. The summed E-state index contributed by atoms with van der Waals surface area (Å²) in [5.74, 6) is -1.16. The molecule has 0 unspecified atom stereocenters. The van der Waals surface area contributed by atoms with E-state index in [1.807, 2.05) is 30.5 Å². The van der Waals surface area contributed by atoms with Crippen LogP contribution in [0.5, 0.6) is 0 Å². The Morgan fingerprint density at radius 3 is 2.48 bits per heavy atom. The second kappa shape index (κ2) is 8.58. The van der Waals surface area contributed by atoms with Gasteiger partial charge in [0.05, 0.1) is 11.3 Å². The van der Waals surface area contributed by atoms with Crippen LogP contribution in [0.3, 0.4) is 0 Å². The Morgan fingerprint density at radius 2 is 1.77 bits per heavy atom. The zero-order valence-corrected chi connectivity index (χ0v) is 17.8. The third kappa shape index (κ3) is 4.23.